The molecule has 0 saturated heterocycles. The van der Waals surface area contributed by atoms with Gasteiger partial charge in [-0.3, -0.25) is 24.2 Å². The maximum absolute atomic E-state index is 12.3. The second-order valence-corrected chi connectivity index (χ2v) is 8.62. The molecule has 0 radical (unpaired) electrons. The Bertz CT molecular complexity index is 1420. The Hall–Kier alpha value is -4.77. The lowest BCUT2D eigenvalue weighted by Crippen LogP contribution is -2.41. The first kappa shape index (κ1) is 31.4. The summed E-state index contributed by atoms with van der Waals surface area (Å²) in [5.41, 5.74) is 11.6. The summed E-state index contributed by atoms with van der Waals surface area (Å²) in [5, 5.41) is 31.4. The predicted octanol–water partition coefficient (Wildman–Crippen LogP) is -0.327. The highest BCUT2D eigenvalue weighted by atomic mass is 32.1. The highest BCUT2D eigenvalue weighted by Crippen LogP contribution is 2.12. The first-order valence-corrected chi connectivity index (χ1v) is 12.2. The van der Waals surface area contributed by atoms with Gasteiger partial charge in [-0.05, 0) is 42.9 Å². The molecule has 3 rings (SSSR count). The van der Waals surface area contributed by atoms with E-state index in [-0.39, 0.29) is 42.1 Å². The molecule has 40 heavy (non-hydrogen) atoms. The molecule has 16 nitrogen and oxygen atoms in total. The number of amides is 1. The maximum atomic E-state index is 12.3. The van der Waals surface area contributed by atoms with Crippen LogP contribution in [0.5, 0.6) is 0 Å². The standard InChI is InChI=1S/C19H19N7O6.C4H9NO2S/c20-19-25-15-14(17(30)26-19)23-11(8-22-15)7-21-10-3-1-9(2-4-10)16(29)24-12(18(31)32)5-6-13(27)28;5-3(1-2-8)4(6)7/h1-4,8,12,21H,5-7H2,(H,24,29)(H,27,28)(H,31,32)(H3,20,22,25,26,30);3,8H,1-2,5H2,(H,6,7)/t12-;3-/m00/s1. The van der Waals surface area contributed by atoms with Crippen LogP contribution in [0, 0.1) is 0 Å². The fourth-order valence-electron chi connectivity index (χ4n) is 3.02. The van der Waals surface area contributed by atoms with E-state index in [0.29, 0.717) is 23.6 Å². The number of carbonyl (C=O) groups is 4. The fraction of sp³-hybridized carbons (Fsp3) is 0.304. The summed E-state index contributed by atoms with van der Waals surface area (Å²) in [6, 6.07) is 4.12. The Balaban J connectivity index is 0.000000611. The normalized spacial score (nSPS) is 11.9. The van der Waals surface area contributed by atoms with Crippen molar-refractivity contribution < 1.29 is 34.5 Å². The first-order chi connectivity index (χ1) is 18.9. The van der Waals surface area contributed by atoms with Crippen molar-refractivity contribution in [1.82, 2.24) is 25.3 Å². The van der Waals surface area contributed by atoms with Gasteiger partial charge in [0.1, 0.15) is 12.1 Å². The summed E-state index contributed by atoms with van der Waals surface area (Å²) in [6.07, 6.45) is 1.27. The molecule has 2 atom stereocenters. The number of nitrogens with zero attached hydrogens (tertiary/aromatic N) is 3. The topological polar surface area (TPSA) is 277 Å². The van der Waals surface area contributed by atoms with Crippen molar-refractivity contribution in [2.24, 2.45) is 5.73 Å². The SMILES string of the molecule is N[C@@H](CCS)C(=O)O.Nc1nc2ncc(CNc3ccc(C(=O)N[C@@H](CCC(=O)O)C(=O)O)cc3)nc2c(=O)[nH]1. The van der Waals surface area contributed by atoms with Gasteiger partial charge in [0, 0.05) is 17.7 Å². The van der Waals surface area contributed by atoms with Crippen molar-refractivity contribution >= 4 is 59.2 Å². The minimum atomic E-state index is -1.31. The Morgan fingerprint density at radius 2 is 1.70 bits per heavy atom. The van der Waals surface area contributed by atoms with Crippen molar-refractivity contribution in [3.05, 3.63) is 52.1 Å². The summed E-state index contributed by atoms with van der Waals surface area (Å²) in [6.45, 7) is 0.231. The van der Waals surface area contributed by atoms with E-state index < -0.39 is 41.5 Å². The van der Waals surface area contributed by atoms with Gasteiger partial charge in [-0.25, -0.2) is 14.8 Å². The van der Waals surface area contributed by atoms with E-state index >= 15 is 0 Å². The highest BCUT2D eigenvalue weighted by molar-refractivity contribution is 7.80. The number of hydrogen-bond donors (Lipinski definition) is 9. The number of carboxylic acids is 3. The highest BCUT2D eigenvalue weighted by Gasteiger charge is 2.21. The molecule has 2 heterocycles. The van der Waals surface area contributed by atoms with Gasteiger partial charge in [0.2, 0.25) is 5.95 Å². The number of hydrogen-bond acceptors (Lipinski definition) is 12. The quantitative estimate of drug-likeness (QED) is 0.125. The lowest BCUT2D eigenvalue weighted by atomic mass is 10.1. The van der Waals surface area contributed by atoms with Crippen molar-refractivity contribution in [2.45, 2.75) is 37.9 Å². The largest absolute Gasteiger partial charge is 0.481 e. The lowest BCUT2D eigenvalue weighted by molar-refractivity contribution is -0.141. The summed E-state index contributed by atoms with van der Waals surface area (Å²) in [7, 11) is 0. The third-order valence-electron chi connectivity index (χ3n) is 5.11. The number of rotatable bonds is 12. The minimum Gasteiger partial charge on any atom is -0.481 e. The molecule has 0 fully saturated rings. The van der Waals surface area contributed by atoms with Crippen LogP contribution in [0.15, 0.2) is 35.3 Å². The van der Waals surface area contributed by atoms with E-state index in [0.717, 1.165) is 0 Å². The summed E-state index contributed by atoms with van der Waals surface area (Å²) >= 11 is 3.81. The zero-order chi connectivity index (χ0) is 29.8. The van der Waals surface area contributed by atoms with Gasteiger partial charge < -0.3 is 37.4 Å². The number of aliphatic carboxylic acids is 3. The molecule has 0 aliphatic carbocycles. The van der Waals surface area contributed by atoms with Crippen LogP contribution >= 0.6 is 12.6 Å². The van der Waals surface area contributed by atoms with Gasteiger partial charge >= 0.3 is 17.9 Å². The molecule has 0 aliphatic heterocycles. The first-order valence-electron chi connectivity index (χ1n) is 11.6. The number of fused-ring (bicyclic) bond motifs is 1. The molecule has 3 aromatic rings. The Labute approximate surface area is 231 Å². The van der Waals surface area contributed by atoms with E-state index in [2.05, 4.69) is 43.2 Å². The fourth-order valence-corrected chi connectivity index (χ4v) is 3.30. The third kappa shape index (κ3) is 9.84. The zero-order valence-electron chi connectivity index (χ0n) is 20.9. The second-order valence-electron chi connectivity index (χ2n) is 8.17. The molecular formula is C23H28N8O8S. The number of aromatic nitrogens is 4. The van der Waals surface area contributed by atoms with Crippen LogP contribution in [-0.2, 0) is 20.9 Å². The molecular weight excluding hydrogens is 548 g/mol. The van der Waals surface area contributed by atoms with E-state index in [4.69, 9.17) is 26.8 Å². The van der Waals surface area contributed by atoms with Gasteiger partial charge in [-0.2, -0.15) is 17.6 Å². The van der Waals surface area contributed by atoms with Crippen molar-refractivity contribution in [2.75, 3.05) is 16.8 Å². The third-order valence-corrected chi connectivity index (χ3v) is 5.37. The van der Waals surface area contributed by atoms with Crippen LogP contribution < -0.4 is 27.7 Å². The van der Waals surface area contributed by atoms with Gasteiger partial charge in [0.15, 0.2) is 11.2 Å². The molecule has 2 aromatic heterocycles. The molecule has 17 heteroatoms. The van der Waals surface area contributed by atoms with Crippen molar-refractivity contribution in [3.63, 3.8) is 0 Å². The Morgan fingerprint density at radius 1 is 1.02 bits per heavy atom. The molecule has 1 amide bonds. The molecule has 0 unspecified atom stereocenters. The predicted molar refractivity (Wildman–Crippen MR) is 146 cm³/mol. The average Bonchev–Trinajstić information content (AvgIpc) is 2.90. The monoisotopic (exact) mass is 576 g/mol. The van der Waals surface area contributed by atoms with E-state index in [1.165, 1.54) is 18.3 Å². The number of H-pyrrole nitrogens is 1. The van der Waals surface area contributed by atoms with E-state index in [9.17, 15) is 24.0 Å². The molecule has 1 aromatic carbocycles. The zero-order valence-corrected chi connectivity index (χ0v) is 21.8. The van der Waals surface area contributed by atoms with E-state index in [1.807, 2.05) is 0 Å². The molecule has 0 saturated carbocycles. The van der Waals surface area contributed by atoms with E-state index in [1.54, 1.807) is 12.1 Å². The number of anilines is 2. The van der Waals surface area contributed by atoms with Crippen molar-refractivity contribution in [1.29, 1.82) is 0 Å². The van der Waals surface area contributed by atoms with Crippen LogP contribution in [0.25, 0.3) is 11.2 Å². The lowest BCUT2D eigenvalue weighted by Gasteiger charge is -2.14. The van der Waals surface area contributed by atoms with Crippen LogP contribution in [0.3, 0.4) is 0 Å². The van der Waals surface area contributed by atoms with Crippen LogP contribution in [0.4, 0.5) is 11.6 Å². The second kappa shape index (κ2) is 15.0. The van der Waals surface area contributed by atoms with Crippen LogP contribution in [0.2, 0.25) is 0 Å². The average molecular weight is 577 g/mol. The smallest absolute Gasteiger partial charge is 0.326 e. The Kier molecular flexibility index (Phi) is 11.8. The number of aromatic amines is 1. The molecule has 0 spiro atoms. The van der Waals surface area contributed by atoms with Crippen molar-refractivity contribution in [3.8, 4) is 0 Å². The number of carbonyl (C=O) groups excluding carboxylic acids is 1. The van der Waals surface area contributed by atoms with Gasteiger partial charge in [0.25, 0.3) is 11.5 Å². The maximum Gasteiger partial charge on any atom is 0.326 e. The molecule has 0 aliphatic rings. The Morgan fingerprint density at radius 3 is 2.25 bits per heavy atom. The summed E-state index contributed by atoms with van der Waals surface area (Å²) < 4.78 is 0. The molecule has 0 bridgehead atoms. The van der Waals surface area contributed by atoms with Crippen LogP contribution in [-0.4, -0.2) is 76.9 Å². The molecule has 10 N–H and O–H groups in total. The number of carboxylic acid groups (broad SMARTS) is 3. The van der Waals surface area contributed by atoms with Gasteiger partial charge in [0.05, 0.1) is 18.4 Å². The number of nitrogens with one attached hydrogen (secondary N) is 3. The number of thiol groups is 1. The number of benzene rings is 1. The molecule has 214 valence electrons. The van der Waals surface area contributed by atoms with Gasteiger partial charge in [-0.15, -0.1) is 0 Å². The number of nitrogens with two attached hydrogens (primary N) is 2. The summed E-state index contributed by atoms with van der Waals surface area (Å²) in [4.78, 5) is 70.5. The van der Waals surface area contributed by atoms with Gasteiger partial charge in [-0.1, -0.05) is 0 Å². The number of nitrogen functional groups attached to an aromatic ring is 1. The minimum absolute atomic E-state index is 0.0524. The summed E-state index contributed by atoms with van der Waals surface area (Å²) in [5.74, 6) is -3.59. The van der Waals surface area contributed by atoms with Crippen LogP contribution in [0.1, 0.15) is 35.3 Å².